The molecule has 0 saturated carbocycles. The summed E-state index contributed by atoms with van der Waals surface area (Å²) in [6.45, 7) is 4.50. The molecule has 0 aromatic carbocycles. The highest BCUT2D eigenvalue weighted by atomic mass is 33.1. The van der Waals surface area contributed by atoms with Crippen LogP contribution in [0.2, 0.25) is 0 Å². The van der Waals surface area contributed by atoms with Crippen molar-refractivity contribution in [2.45, 2.75) is 56.2 Å². The van der Waals surface area contributed by atoms with E-state index in [4.69, 9.17) is 0 Å². The number of unbranched alkanes of at least 4 members (excludes halogenated alkanes) is 1. The molecule has 1 aromatic heterocycles. The van der Waals surface area contributed by atoms with Crippen LogP contribution >= 0.6 is 21.6 Å². The van der Waals surface area contributed by atoms with E-state index >= 15 is 0 Å². The molecule has 2 saturated heterocycles. The van der Waals surface area contributed by atoms with Crippen molar-refractivity contribution in [2.75, 3.05) is 31.9 Å². The van der Waals surface area contributed by atoms with Gasteiger partial charge >= 0.3 is 0 Å². The molecule has 0 radical (unpaired) electrons. The van der Waals surface area contributed by atoms with Crippen LogP contribution in [-0.2, 0) is 11.3 Å². The number of nitrogens with zero attached hydrogens (tertiary/aromatic N) is 2. The predicted molar refractivity (Wildman–Crippen MR) is 118 cm³/mol. The third-order valence-electron chi connectivity index (χ3n) is 6.21. The molecule has 3 unspecified atom stereocenters. The van der Waals surface area contributed by atoms with E-state index in [1.165, 1.54) is 37.1 Å². The lowest BCUT2D eigenvalue weighted by Crippen LogP contribution is -2.48. The van der Waals surface area contributed by atoms with Gasteiger partial charge in [0.1, 0.15) is 0 Å². The Balaban J connectivity index is 1.15. The molecule has 3 aliphatic heterocycles. The van der Waals surface area contributed by atoms with Gasteiger partial charge in [-0.2, -0.15) is 0 Å². The molecule has 7 heteroatoms. The molecule has 2 fully saturated rings. The van der Waals surface area contributed by atoms with Gasteiger partial charge in [-0.05, 0) is 37.7 Å². The van der Waals surface area contributed by atoms with Gasteiger partial charge in [0.05, 0.1) is 0 Å². The van der Waals surface area contributed by atoms with E-state index in [1.54, 1.807) is 6.07 Å². The number of amides is 1. The van der Waals surface area contributed by atoms with E-state index in [1.807, 2.05) is 32.2 Å². The van der Waals surface area contributed by atoms with Crippen LogP contribution in [-0.4, -0.2) is 52.6 Å². The summed E-state index contributed by atoms with van der Waals surface area (Å²) >= 11 is 0. The lowest BCUT2D eigenvalue weighted by molar-refractivity contribution is -0.121. The molecular weight excluding hydrogens is 390 g/mol. The van der Waals surface area contributed by atoms with Crippen LogP contribution in [0.3, 0.4) is 0 Å². The maximum absolute atomic E-state index is 12.1. The van der Waals surface area contributed by atoms with Gasteiger partial charge in [-0.15, -0.1) is 0 Å². The first-order chi connectivity index (χ1) is 13.7. The van der Waals surface area contributed by atoms with Gasteiger partial charge < -0.3 is 14.8 Å². The van der Waals surface area contributed by atoms with Crippen LogP contribution in [0.15, 0.2) is 23.0 Å². The summed E-state index contributed by atoms with van der Waals surface area (Å²) in [4.78, 5) is 26.7. The van der Waals surface area contributed by atoms with Crippen LogP contribution in [0.4, 0.5) is 0 Å². The highest BCUT2D eigenvalue weighted by Crippen LogP contribution is 2.40. The van der Waals surface area contributed by atoms with E-state index in [-0.39, 0.29) is 11.5 Å². The van der Waals surface area contributed by atoms with Crippen molar-refractivity contribution in [2.24, 2.45) is 5.92 Å². The Kier molecular flexibility index (Phi) is 7.07. The van der Waals surface area contributed by atoms with Gasteiger partial charge in [-0.3, -0.25) is 9.59 Å². The highest BCUT2D eigenvalue weighted by Gasteiger charge is 2.34. The third kappa shape index (κ3) is 5.16. The third-order valence-corrected chi connectivity index (χ3v) is 9.22. The fraction of sp³-hybridized carbons (Fsp3) is 0.714. The molecule has 3 atom stereocenters. The van der Waals surface area contributed by atoms with Gasteiger partial charge in [-0.1, -0.05) is 34.1 Å². The van der Waals surface area contributed by atoms with E-state index < -0.39 is 0 Å². The minimum Gasteiger partial charge on any atom is -0.355 e. The van der Waals surface area contributed by atoms with Gasteiger partial charge in [-0.25, -0.2) is 0 Å². The summed E-state index contributed by atoms with van der Waals surface area (Å²) in [6, 6.07) is 5.66. The number of hydrogen-bond donors (Lipinski definition) is 1. The highest BCUT2D eigenvalue weighted by molar-refractivity contribution is 8.77. The van der Waals surface area contributed by atoms with Crippen molar-refractivity contribution in [3.63, 3.8) is 0 Å². The molecule has 4 rings (SSSR count). The zero-order valence-electron chi connectivity index (χ0n) is 16.5. The molecule has 5 nitrogen and oxygen atoms in total. The molecule has 0 aliphatic carbocycles. The molecule has 28 heavy (non-hydrogen) atoms. The molecule has 1 amide bonds. The van der Waals surface area contributed by atoms with Gasteiger partial charge in [0.15, 0.2) is 0 Å². The Hall–Kier alpha value is -0.920. The standard InChI is InChI=1S/C21H31N3O2S2/c25-20(6-2-1-4-18-8-11-27-28-18)22-9-10-23-13-16-12-17(15-23)19-5-3-7-21(26)24(19)14-16/h3,5,7,16-18H,1-2,4,6,8-15H2,(H,22,25). The van der Waals surface area contributed by atoms with Crippen molar-refractivity contribution < 1.29 is 4.79 Å². The Bertz CT molecular complexity index is 733. The lowest BCUT2D eigenvalue weighted by Gasteiger charge is -2.42. The number of aromatic nitrogens is 1. The van der Waals surface area contributed by atoms with Crippen LogP contribution in [0, 0.1) is 5.92 Å². The van der Waals surface area contributed by atoms with Gasteiger partial charge in [0.25, 0.3) is 5.56 Å². The van der Waals surface area contributed by atoms with Crippen molar-refractivity contribution in [1.29, 1.82) is 0 Å². The largest absolute Gasteiger partial charge is 0.355 e. The average Bonchev–Trinajstić information content (AvgIpc) is 3.20. The molecule has 0 spiro atoms. The van der Waals surface area contributed by atoms with Crippen LogP contribution in [0.5, 0.6) is 0 Å². The first-order valence-electron chi connectivity index (χ1n) is 10.7. The fourth-order valence-corrected chi connectivity index (χ4v) is 7.87. The zero-order valence-corrected chi connectivity index (χ0v) is 18.1. The van der Waals surface area contributed by atoms with Crippen molar-refractivity contribution in [3.05, 3.63) is 34.2 Å². The summed E-state index contributed by atoms with van der Waals surface area (Å²) in [5.41, 5.74) is 1.33. The van der Waals surface area contributed by atoms with Crippen molar-refractivity contribution >= 4 is 27.5 Å². The summed E-state index contributed by atoms with van der Waals surface area (Å²) < 4.78 is 1.97. The van der Waals surface area contributed by atoms with Gasteiger partial charge in [0, 0.05) is 67.8 Å². The number of nitrogens with one attached hydrogen (secondary N) is 1. The van der Waals surface area contributed by atoms with Gasteiger partial charge in [0.2, 0.25) is 5.91 Å². The summed E-state index contributed by atoms with van der Waals surface area (Å²) in [7, 11) is 4.02. The molecule has 3 aliphatic rings. The predicted octanol–water partition coefficient (Wildman–Crippen LogP) is 3.10. The van der Waals surface area contributed by atoms with Crippen molar-refractivity contribution in [1.82, 2.24) is 14.8 Å². The van der Waals surface area contributed by atoms with E-state index in [0.29, 0.717) is 18.3 Å². The molecule has 2 bridgehead atoms. The molecular formula is C21H31N3O2S2. The molecule has 1 N–H and O–H groups in total. The quantitative estimate of drug-likeness (QED) is 0.516. The molecule has 154 valence electrons. The van der Waals surface area contributed by atoms with Crippen LogP contribution in [0.1, 0.15) is 50.1 Å². The Morgan fingerprint density at radius 3 is 3.00 bits per heavy atom. The number of carbonyl (C=O) groups is 1. The summed E-state index contributed by atoms with van der Waals surface area (Å²) in [5.74, 6) is 2.48. The minimum atomic E-state index is 0.137. The van der Waals surface area contributed by atoms with E-state index in [2.05, 4.69) is 16.3 Å². The number of pyridine rings is 1. The normalized spacial score (nSPS) is 26.8. The number of hydrogen-bond acceptors (Lipinski definition) is 5. The maximum Gasteiger partial charge on any atom is 0.250 e. The minimum absolute atomic E-state index is 0.137. The molecule has 1 aromatic rings. The number of rotatable bonds is 8. The summed E-state index contributed by atoms with van der Waals surface area (Å²) in [6.07, 6.45) is 6.60. The summed E-state index contributed by atoms with van der Waals surface area (Å²) in [5, 5.41) is 3.92. The SMILES string of the molecule is O=C(CCCCC1CCSS1)NCCN1CC2CC(C1)c1cccc(=O)n1C2. The second-order valence-corrected chi connectivity index (χ2v) is 11.2. The van der Waals surface area contributed by atoms with E-state index in [0.717, 1.165) is 44.4 Å². The van der Waals surface area contributed by atoms with Crippen LogP contribution in [0.25, 0.3) is 0 Å². The Morgan fingerprint density at radius 1 is 1.21 bits per heavy atom. The van der Waals surface area contributed by atoms with E-state index in [9.17, 15) is 9.59 Å². The fourth-order valence-electron chi connectivity index (χ4n) is 4.84. The van der Waals surface area contributed by atoms with Crippen LogP contribution < -0.4 is 10.9 Å². The zero-order chi connectivity index (χ0) is 19.3. The second-order valence-electron chi connectivity index (χ2n) is 8.38. The Labute approximate surface area is 175 Å². The first kappa shape index (κ1) is 20.4. The maximum atomic E-state index is 12.1. The topological polar surface area (TPSA) is 54.3 Å². The Morgan fingerprint density at radius 2 is 2.14 bits per heavy atom. The first-order valence-corrected chi connectivity index (χ1v) is 13.0. The monoisotopic (exact) mass is 421 g/mol. The number of likely N-dealkylation sites (tertiary alicyclic amines) is 1. The number of piperidine rings is 1. The lowest BCUT2D eigenvalue weighted by atomic mass is 9.83. The molecule has 4 heterocycles. The number of carbonyl (C=O) groups excluding carboxylic acids is 1. The number of fused-ring (bicyclic) bond motifs is 4. The smallest absolute Gasteiger partial charge is 0.250 e. The van der Waals surface area contributed by atoms with Crippen molar-refractivity contribution in [3.8, 4) is 0 Å². The second kappa shape index (κ2) is 9.72. The average molecular weight is 422 g/mol.